The number of aromatic carboxylic acids is 1. The first kappa shape index (κ1) is 33.3. The van der Waals surface area contributed by atoms with Gasteiger partial charge in [0.1, 0.15) is 5.69 Å². The van der Waals surface area contributed by atoms with Crippen LogP contribution in [0.1, 0.15) is 50.7 Å². The largest absolute Gasteiger partial charge is 0.493 e. The molecule has 2 aromatic heterocycles. The van der Waals surface area contributed by atoms with Gasteiger partial charge in [-0.1, -0.05) is 62.4 Å². The van der Waals surface area contributed by atoms with Gasteiger partial charge in [-0.3, -0.25) is 14.7 Å². The Morgan fingerprint density at radius 1 is 0.854 bits per heavy atom. The molecular formula is C37H37N5O6. The summed E-state index contributed by atoms with van der Waals surface area (Å²) in [5.41, 5.74) is 4.12. The summed E-state index contributed by atoms with van der Waals surface area (Å²) in [5, 5.41) is 23.6. The molecule has 0 aliphatic rings. The van der Waals surface area contributed by atoms with Gasteiger partial charge in [0.05, 0.1) is 19.7 Å². The summed E-state index contributed by atoms with van der Waals surface area (Å²) in [6.45, 7) is 4.45. The zero-order chi connectivity index (χ0) is 34.4. The number of nitrogens with one attached hydrogen (secondary N) is 3. The van der Waals surface area contributed by atoms with Crippen LogP contribution in [-0.4, -0.2) is 58.4 Å². The van der Waals surface area contributed by atoms with Crippen molar-refractivity contribution >= 4 is 45.3 Å². The van der Waals surface area contributed by atoms with Crippen LogP contribution in [0.4, 0.5) is 5.69 Å². The summed E-state index contributed by atoms with van der Waals surface area (Å²) in [4.78, 5) is 36.4. The van der Waals surface area contributed by atoms with Crippen LogP contribution in [0.5, 0.6) is 11.5 Å². The van der Waals surface area contributed by atoms with E-state index >= 15 is 0 Å². The highest BCUT2D eigenvalue weighted by Crippen LogP contribution is 2.29. The Hall–Kier alpha value is -6.10. The van der Waals surface area contributed by atoms with Crippen molar-refractivity contribution in [3.8, 4) is 11.5 Å². The van der Waals surface area contributed by atoms with Crippen molar-refractivity contribution in [3.05, 3.63) is 120 Å². The van der Waals surface area contributed by atoms with Crippen LogP contribution in [0.3, 0.4) is 0 Å². The number of carboxylic acid groups (broad SMARTS) is 1. The Morgan fingerprint density at radius 2 is 1.58 bits per heavy atom. The number of H-pyrrole nitrogens is 1. The third kappa shape index (κ3) is 7.15. The second-order valence-corrected chi connectivity index (χ2v) is 11.7. The molecule has 11 heteroatoms. The highest BCUT2D eigenvalue weighted by atomic mass is 16.5. The number of carbonyl (C=O) groups is 3. The Labute approximate surface area is 277 Å². The standard InChI is InChI=1S/C27H28N4O4.C10H9NO2/c1-27(2,16-28-26(33)24-20-10-5-6-11-21(20)30-31-24)18-8-7-9-19(15-18)29-25(32)17-12-13-22(34-3)23(14-17)35-4;1-11-8-5-3-2-4-7(8)6-9(11)10(12)13/h5-15H,16H2,1-4H3,(H,28,33)(H,29,32)(H,30,31);2-6H,1H3,(H,12,13). The Bertz CT molecular complexity index is 2110. The van der Waals surface area contributed by atoms with E-state index in [0.717, 1.165) is 27.4 Å². The molecule has 0 spiro atoms. The van der Waals surface area contributed by atoms with Crippen LogP contribution in [0.15, 0.2) is 97.1 Å². The number of carbonyl (C=O) groups excluding carboxylic acids is 2. The van der Waals surface area contributed by atoms with Crippen molar-refractivity contribution in [3.63, 3.8) is 0 Å². The van der Waals surface area contributed by atoms with E-state index in [1.807, 2.05) is 86.6 Å². The second kappa shape index (κ2) is 14.1. The van der Waals surface area contributed by atoms with Crippen molar-refractivity contribution in [2.75, 3.05) is 26.1 Å². The highest BCUT2D eigenvalue weighted by Gasteiger charge is 2.24. The van der Waals surface area contributed by atoms with Crippen LogP contribution in [-0.2, 0) is 12.5 Å². The molecule has 246 valence electrons. The predicted molar refractivity (Wildman–Crippen MR) is 185 cm³/mol. The van der Waals surface area contributed by atoms with E-state index < -0.39 is 11.4 Å². The molecule has 4 aromatic carbocycles. The van der Waals surface area contributed by atoms with Gasteiger partial charge >= 0.3 is 5.97 Å². The quantitative estimate of drug-likeness (QED) is 0.142. The van der Waals surface area contributed by atoms with E-state index in [2.05, 4.69) is 20.8 Å². The Kier molecular flexibility index (Phi) is 9.79. The molecule has 2 amide bonds. The maximum absolute atomic E-state index is 12.8. The zero-order valence-electron chi connectivity index (χ0n) is 27.3. The number of benzene rings is 4. The van der Waals surface area contributed by atoms with Crippen molar-refractivity contribution in [1.29, 1.82) is 0 Å². The number of carboxylic acids is 1. The minimum atomic E-state index is -0.890. The van der Waals surface area contributed by atoms with Gasteiger partial charge in [-0.15, -0.1) is 0 Å². The van der Waals surface area contributed by atoms with Gasteiger partial charge in [0.2, 0.25) is 0 Å². The van der Waals surface area contributed by atoms with Crippen molar-refractivity contribution in [2.45, 2.75) is 19.3 Å². The number of para-hydroxylation sites is 2. The molecule has 0 radical (unpaired) electrons. The third-order valence-corrected chi connectivity index (χ3v) is 8.09. The number of amides is 2. The molecule has 6 rings (SSSR count). The lowest BCUT2D eigenvalue weighted by Crippen LogP contribution is -2.37. The maximum atomic E-state index is 12.8. The molecule has 6 aromatic rings. The van der Waals surface area contributed by atoms with E-state index in [9.17, 15) is 14.4 Å². The molecule has 48 heavy (non-hydrogen) atoms. The van der Waals surface area contributed by atoms with E-state index in [4.69, 9.17) is 14.6 Å². The third-order valence-electron chi connectivity index (χ3n) is 8.09. The van der Waals surface area contributed by atoms with Gasteiger partial charge < -0.3 is 29.8 Å². The second-order valence-electron chi connectivity index (χ2n) is 11.7. The SMILES string of the molecule is COc1ccc(C(=O)Nc2cccc(C(C)(C)CNC(=O)c3n[nH]c4ccccc34)c2)cc1OC.Cn1c(C(=O)O)cc2ccccc21. The average molecular weight is 648 g/mol. The number of anilines is 1. The zero-order valence-corrected chi connectivity index (χ0v) is 27.3. The van der Waals surface area contributed by atoms with Crippen molar-refractivity contribution < 1.29 is 29.0 Å². The fourth-order valence-corrected chi connectivity index (χ4v) is 5.32. The smallest absolute Gasteiger partial charge is 0.352 e. The molecule has 11 nitrogen and oxygen atoms in total. The topological polar surface area (TPSA) is 148 Å². The number of hydrogen-bond donors (Lipinski definition) is 4. The predicted octanol–water partition coefficient (Wildman–Crippen LogP) is 6.42. The number of nitrogens with zero attached hydrogens (tertiary/aromatic N) is 2. The molecule has 0 unspecified atom stereocenters. The fourth-order valence-electron chi connectivity index (χ4n) is 5.32. The Balaban J connectivity index is 0.000000288. The molecule has 0 atom stereocenters. The van der Waals surface area contributed by atoms with E-state index in [-0.39, 0.29) is 11.8 Å². The van der Waals surface area contributed by atoms with Crippen LogP contribution >= 0.6 is 0 Å². The number of aryl methyl sites for hydroxylation is 1. The van der Waals surface area contributed by atoms with E-state index in [1.165, 1.54) is 7.11 Å². The summed E-state index contributed by atoms with van der Waals surface area (Å²) < 4.78 is 12.2. The number of rotatable bonds is 9. The summed E-state index contributed by atoms with van der Waals surface area (Å²) in [5.74, 6) is -0.361. The van der Waals surface area contributed by atoms with Crippen molar-refractivity contribution in [1.82, 2.24) is 20.1 Å². The molecule has 0 saturated carbocycles. The first-order valence-corrected chi connectivity index (χ1v) is 15.2. The Morgan fingerprint density at radius 3 is 2.31 bits per heavy atom. The normalized spacial score (nSPS) is 11.0. The fraction of sp³-hybridized carbons (Fsp3) is 0.189. The minimum Gasteiger partial charge on any atom is -0.493 e. The number of ether oxygens (including phenoxy) is 2. The van der Waals surface area contributed by atoms with Gasteiger partial charge in [-0.05, 0) is 54.1 Å². The van der Waals surface area contributed by atoms with Crippen LogP contribution in [0.2, 0.25) is 0 Å². The average Bonchev–Trinajstić information content (AvgIpc) is 3.69. The molecule has 0 aliphatic heterocycles. The minimum absolute atomic E-state index is 0.242. The van der Waals surface area contributed by atoms with Gasteiger partial charge in [0.15, 0.2) is 17.2 Å². The number of aromatic amines is 1. The number of methoxy groups -OCH3 is 2. The summed E-state index contributed by atoms with van der Waals surface area (Å²) in [6, 6.07) is 29.4. The van der Waals surface area contributed by atoms with Crippen LogP contribution < -0.4 is 20.1 Å². The molecular weight excluding hydrogens is 610 g/mol. The van der Waals surface area contributed by atoms with Crippen LogP contribution in [0, 0.1) is 0 Å². The number of aromatic nitrogens is 3. The summed E-state index contributed by atoms with van der Waals surface area (Å²) >= 11 is 0. The molecule has 0 aliphatic carbocycles. The first-order valence-electron chi connectivity index (χ1n) is 15.2. The lowest BCUT2D eigenvalue weighted by molar-refractivity contribution is 0.0686. The molecule has 2 heterocycles. The monoisotopic (exact) mass is 647 g/mol. The maximum Gasteiger partial charge on any atom is 0.352 e. The molecule has 0 saturated heterocycles. The van der Waals surface area contributed by atoms with E-state index in [1.54, 1.807) is 43.0 Å². The van der Waals surface area contributed by atoms with Gasteiger partial charge in [0.25, 0.3) is 11.8 Å². The van der Waals surface area contributed by atoms with Crippen LogP contribution in [0.25, 0.3) is 21.8 Å². The number of hydrogen-bond acceptors (Lipinski definition) is 6. The van der Waals surface area contributed by atoms with E-state index in [0.29, 0.717) is 40.7 Å². The number of fused-ring (bicyclic) bond motifs is 2. The lowest BCUT2D eigenvalue weighted by Gasteiger charge is -2.26. The molecule has 4 N–H and O–H groups in total. The first-order chi connectivity index (χ1) is 23.0. The lowest BCUT2D eigenvalue weighted by atomic mass is 9.84. The summed E-state index contributed by atoms with van der Waals surface area (Å²) in [7, 11) is 4.83. The van der Waals surface area contributed by atoms with Crippen molar-refractivity contribution in [2.24, 2.45) is 7.05 Å². The van der Waals surface area contributed by atoms with Gasteiger partial charge in [-0.25, -0.2) is 4.79 Å². The molecule has 0 bridgehead atoms. The van der Waals surface area contributed by atoms with Gasteiger partial charge in [0, 0.05) is 46.5 Å². The molecule has 0 fully saturated rings. The van der Waals surface area contributed by atoms with Gasteiger partial charge in [-0.2, -0.15) is 5.10 Å². The highest BCUT2D eigenvalue weighted by molar-refractivity contribution is 6.05. The summed E-state index contributed by atoms with van der Waals surface area (Å²) in [6.07, 6.45) is 0.